The molecule has 2 N–H and O–H groups in total. The van der Waals surface area contributed by atoms with Crippen molar-refractivity contribution >= 4 is 29.3 Å². The van der Waals surface area contributed by atoms with Crippen LogP contribution in [0.15, 0.2) is 54.7 Å². The Kier molecular flexibility index (Phi) is 5.20. The van der Waals surface area contributed by atoms with Crippen LogP contribution >= 0.6 is 0 Å². The number of hydrogen-bond donors (Lipinski definition) is 1. The highest BCUT2D eigenvalue weighted by Crippen LogP contribution is 2.32. The Morgan fingerprint density at radius 2 is 1.94 bits per heavy atom. The molecule has 1 saturated heterocycles. The number of rotatable bonds is 5. The first-order valence-corrected chi connectivity index (χ1v) is 9.23. The summed E-state index contributed by atoms with van der Waals surface area (Å²) in [6, 6.07) is 11.1. The summed E-state index contributed by atoms with van der Waals surface area (Å²) in [5, 5.41) is 0. The Morgan fingerprint density at radius 1 is 1.13 bits per heavy atom. The number of carbonyl (C=O) groups is 2. The second-order valence-electron chi connectivity index (χ2n) is 6.80. The van der Waals surface area contributed by atoms with Crippen LogP contribution in [0.2, 0.25) is 0 Å². The van der Waals surface area contributed by atoms with Crippen molar-refractivity contribution in [1.29, 1.82) is 0 Å². The molecule has 2 aromatic carbocycles. The summed E-state index contributed by atoms with van der Waals surface area (Å²) < 4.78 is 31.7. The molecule has 158 valence electrons. The van der Waals surface area contributed by atoms with E-state index in [1.807, 2.05) is 0 Å². The summed E-state index contributed by atoms with van der Waals surface area (Å²) in [6.07, 6.45) is -1.22. The van der Waals surface area contributed by atoms with E-state index in [4.69, 9.17) is 10.5 Å². The average molecular weight is 425 g/mol. The summed E-state index contributed by atoms with van der Waals surface area (Å²) in [5.74, 6) is 0.279. The highest BCUT2D eigenvalue weighted by atomic mass is 19.3. The fourth-order valence-corrected chi connectivity index (χ4v) is 3.24. The maximum Gasteiger partial charge on any atom is 0.336 e. The molecule has 8 nitrogen and oxygen atoms in total. The van der Waals surface area contributed by atoms with Crippen molar-refractivity contribution in [2.24, 2.45) is 0 Å². The summed E-state index contributed by atoms with van der Waals surface area (Å²) >= 11 is 0. The topological polar surface area (TPSA) is 102 Å². The Labute approximate surface area is 175 Å². The number of urea groups is 1. The maximum absolute atomic E-state index is 13.0. The molecule has 0 radical (unpaired) electrons. The second-order valence-corrected chi connectivity index (χ2v) is 6.80. The molecule has 0 bridgehead atoms. The maximum atomic E-state index is 13.0. The van der Waals surface area contributed by atoms with E-state index in [1.54, 1.807) is 31.2 Å². The zero-order valence-corrected chi connectivity index (χ0v) is 16.3. The van der Waals surface area contributed by atoms with Gasteiger partial charge in [0.2, 0.25) is 11.8 Å². The number of alkyl halides is 2. The van der Waals surface area contributed by atoms with Crippen LogP contribution in [0.5, 0.6) is 11.6 Å². The standard InChI is InChI=1S/C21H17F2N5O3/c1-12-9-15(31-17-7-8-25-20(24)26-17)5-6-16(12)28-18(29)11-27(21(28)30)14-4-2-3-13(10-14)19(22)23/h2-10,19H,11H2,1H3,(H2,24,25,26). The van der Waals surface area contributed by atoms with E-state index < -0.39 is 18.4 Å². The number of imide groups is 1. The number of nitrogen functional groups attached to an aromatic ring is 1. The molecule has 31 heavy (non-hydrogen) atoms. The predicted octanol–water partition coefficient (Wildman–Crippen LogP) is 4.07. The van der Waals surface area contributed by atoms with Crippen LogP contribution in [0.4, 0.5) is 30.9 Å². The van der Waals surface area contributed by atoms with Crippen LogP contribution in [0.1, 0.15) is 17.6 Å². The van der Waals surface area contributed by atoms with Gasteiger partial charge in [0.1, 0.15) is 12.3 Å². The molecule has 1 aliphatic rings. The number of carbonyl (C=O) groups excluding carboxylic acids is 2. The molecule has 0 atom stereocenters. The Balaban J connectivity index is 1.58. The Hall–Kier alpha value is -4.08. The molecule has 1 aromatic heterocycles. The van der Waals surface area contributed by atoms with Crippen molar-refractivity contribution in [3.8, 4) is 11.6 Å². The zero-order chi connectivity index (χ0) is 22.1. The van der Waals surface area contributed by atoms with Gasteiger partial charge in [-0.15, -0.1) is 0 Å². The monoisotopic (exact) mass is 425 g/mol. The SMILES string of the molecule is Cc1cc(Oc2ccnc(N)n2)ccc1N1C(=O)CN(c2cccc(C(F)F)c2)C1=O. The highest BCUT2D eigenvalue weighted by molar-refractivity contribution is 6.27. The summed E-state index contributed by atoms with van der Waals surface area (Å²) in [5.41, 5.74) is 6.52. The third kappa shape index (κ3) is 4.00. The van der Waals surface area contributed by atoms with Crippen molar-refractivity contribution in [3.63, 3.8) is 0 Å². The Morgan fingerprint density at radius 3 is 2.65 bits per heavy atom. The summed E-state index contributed by atoms with van der Waals surface area (Å²) in [4.78, 5) is 35.5. The number of aromatic nitrogens is 2. The van der Waals surface area contributed by atoms with Gasteiger partial charge in [0.15, 0.2) is 0 Å². The fourth-order valence-electron chi connectivity index (χ4n) is 3.24. The predicted molar refractivity (Wildman–Crippen MR) is 109 cm³/mol. The van der Waals surface area contributed by atoms with Gasteiger partial charge in [-0.25, -0.2) is 23.5 Å². The lowest BCUT2D eigenvalue weighted by atomic mass is 10.1. The van der Waals surface area contributed by atoms with Crippen molar-refractivity contribution in [1.82, 2.24) is 9.97 Å². The van der Waals surface area contributed by atoms with Crippen LogP contribution in [0.25, 0.3) is 0 Å². The molecule has 0 aliphatic carbocycles. The number of halogens is 2. The molecule has 1 aliphatic heterocycles. The average Bonchev–Trinajstić information content (AvgIpc) is 3.02. The van der Waals surface area contributed by atoms with Gasteiger partial charge in [0.05, 0.1) is 5.69 Å². The number of anilines is 3. The molecule has 3 aromatic rings. The molecule has 0 unspecified atom stereocenters. The third-order valence-corrected chi connectivity index (χ3v) is 4.68. The normalized spacial score (nSPS) is 13.9. The number of amides is 3. The van der Waals surface area contributed by atoms with Crippen LogP contribution in [0.3, 0.4) is 0 Å². The minimum absolute atomic E-state index is 0.0649. The largest absolute Gasteiger partial charge is 0.439 e. The number of nitrogens with two attached hydrogens (primary N) is 1. The lowest BCUT2D eigenvalue weighted by Crippen LogP contribution is -2.33. The molecular weight excluding hydrogens is 408 g/mol. The van der Waals surface area contributed by atoms with Crippen molar-refractivity contribution < 1.29 is 23.1 Å². The fraction of sp³-hybridized carbons (Fsp3) is 0.143. The van der Waals surface area contributed by atoms with Gasteiger partial charge in [-0.3, -0.25) is 9.69 Å². The Bertz CT molecular complexity index is 1170. The highest BCUT2D eigenvalue weighted by Gasteiger charge is 2.38. The number of nitrogens with zero attached hydrogens (tertiary/aromatic N) is 4. The minimum Gasteiger partial charge on any atom is -0.439 e. The van der Waals surface area contributed by atoms with Crippen molar-refractivity contribution in [2.75, 3.05) is 22.1 Å². The minimum atomic E-state index is -2.68. The smallest absolute Gasteiger partial charge is 0.336 e. The lowest BCUT2D eigenvalue weighted by molar-refractivity contribution is -0.115. The van der Waals surface area contributed by atoms with Crippen LogP contribution in [-0.4, -0.2) is 28.5 Å². The third-order valence-electron chi connectivity index (χ3n) is 4.68. The van der Waals surface area contributed by atoms with E-state index in [2.05, 4.69) is 9.97 Å². The number of hydrogen-bond acceptors (Lipinski definition) is 6. The first-order chi connectivity index (χ1) is 14.8. The number of benzene rings is 2. The van der Waals surface area contributed by atoms with E-state index in [9.17, 15) is 18.4 Å². The molecule has 0 saturated carbocycles. The van der Waals surface area contributed by atoms with Gasteiger partial charge in [0, 0.05) is 23.5 Å². The van der Waals surface area contributed by atoms with Crippen LogP contribution < -0.4 is 20.3 Å². The van der Waals surface area contributed by atoms with E-state index in [-0.39, 0.29) is 29.6 Å². The molecule has 10 heteroatoms. The number of aryl methyl sites for hydroxylation is 1. The lowest BCUT2D eigenvalue weighted by Gasteiger charge is -2.19. The summed E-state index contributed by atoms with van der Waals surface area (Å²) in [6.45, 7) is 1.47. The molecule has 4 rings (SSSR count). The molecular formula is C21H17F2N5O3. The van der Waals surface area contributed by atoms with Gasteiger partial charge in [-0.05, 0) is 42.8 Å². The van der Waals surface area contributed by atoms with E-state index in [1.165, 1.54) is 35.4 Å². The van der Waals surface area contributed by atoms with Crippen molar-refractivity contribution in [3.05, 3.63) is 65.9 Å². The quantitative estimate of drug-likeness (QED) is 0.619. The summed E-state index contributed by atoms with van der Waals surface area (Å²) in [7, 11) is 0. The first-order valence-electron chi connectivity index (χ1n) is 9.23. The van der Waals surface area contributed by atoms with Gasteiger partial charge >= 0.3 is 6.03 Å². The molecule has 0 spiro atoms. The van der Waals surface area contributed by atoms with Gasteiger partial charge < -0.3 is 10.5 Å². The van der Waals surface area contributed by atoms with E-state index in [0.29, 0.717) is 17.0 Å². The van der Waals surface area contributed by atoms with Gasteiger partial charge in [-0.1, -0.05) is 12.1 Å². The van der Waals surface area contributed by atoms with Crippen LogP contribution in [-0.2, 0) is 4.79 Å². The van der Waals surface area contributed by atoms with Crippen molar-refractivity contribution in [2.45, 2.75) is 13.3 Å². The molecule has 1 fully saturated rings. The van der Waals surface area contributed by atoms with E-state index in [0.717, 1.165) is 4.90 Å². The van der Waals surface area contributed by atoms with Gasteiger partial charge in [0.25, 0.3) is 12.3 Å². The molecule has 3 amide bonds. The van der Waals surface area contributed by atoms with Gasteiger partial charge in [-0.2, -0.15) is 4.98 Å². The zero-order valence-electron chi connectivity index (χ0n) is 16.3. The molecule has 2 heterocycles. The second kappa shape index (κ2) is 7.98. The van der Waals surface area contributed by atoms with E-state index >= 15 is 0 Å². The van der Waals surface area contributed by atoms with Crippen LogP contribution in [0, 0.1) is 6.92 Å². The first kappa shape index (κ1) is 20.2. The number of ether oxygens (including phenoxy) is 1.